The molecule has 1 fully saturated rings. The molecule has 0 aromatic heterocycles. The Morgan fingerprint density at radius 3 is 2.67 bits per heavy atom. The van der Waals surface area contributed by atoms with E-state index in [2.05, 4.69) is 0 Å². The summed E-state index contributed by atoms with van der Waals surface area (Å²) >= 11 is 0. The van der Waals surface area contributed by atoms with Crippen molar-refractivity contribution in [2.24, 2.45) is 11.8 Å². The van der Waals surface area contributed by atoms with Crippen molar-refractivity contribution in [2.45, 2.75) is 38.7 Å². The van der Waals surface area contributed by atoms with Crippen LogP contribution in [0.3, 0.4) is 0 Å². The number of aliphatic hydroxyl groups excluding tert-OH is 1. The number of rotatable bonds is 2. The minimum absolute atomic E-state index is 0.172. The van der Waals surface area contributed by atoms with Gasteiger partial charge in [0, 0.05) is 0 Å². The second kappa shape index (κ2) is 3.90. The lowest BCUT2D eigenvalue weighted by molar-refractivity contribution is -0.143. The average molecular weight is 172 g/mol. The molecule has 70 valence electrons. The first-order chi connectivity index (χ1) is 5.61. The van der Waals surface area contributed by atoms with Crippen LogP contribution < -0.4 is 0 Å². The lowest BCUT2D eigenvalue weighted by Crippen LogP contribution is -2.28. The van der Waals surface area contributed by atoms with Crippen molar-refractivity contribution >= 4 is 5.97 Å². The van der Waals surface area contributed by atoms with Crippen LogP contribution in [0, 0.1) is 11.8 Å². The molecule has 1 saturated carbocycles. The smallest absolute Gasteiger partial charge is 0.306 e. The van der Waals surface area contributed by atoms with Gasteiger partial charge in [-0.15, -0.1) is 0 Å². The van der Waals surface area contributed by atoms with E-state index >= 15 is 0 Å². The Hall–Kier alpha value is -0.570. The van der Waals surface area contributed by atoms with Crippen LogP contribution in [0.25, 0.3) is 0 Å². The van der Waals surface area contributed by atoms with Gasteiger partial charge in [-0.3, -0.25) is 4.79 Å². The Labute approximate surface area is 72.4 Å². The van der Waals surface area contributed by atoms with E-state index in [0.29, 0.717) is 6.42 Å². The summed E-state index contributed by atoms with van der Waals surface area (Å²) in [5.41, 5.74) is 0. The maximum Gasteiger partial charge on any atom is 0.306 e. The topological polar surface area (TPSA) is 57.5 Å². The van der Waals surface area contributed by atoms with Gasteiger partial charge >= 0.3 is 5.97 Å². The lowest BCUT2D eigenvalue weighted by atomic mass is 9.79. The molecular weight excluding hydrogens is 156 g/mol. The molecule has 0 heterocycles. The van der Waals surface area contributed by atoms with Gasteiger partial charge in [0.1, 0.15) is 0 Å². The molecule has 1 aliphatic carbocycles. The fourth-order valence-corrected chi connectivity index (χ4v) is 1.86. The molecule has 0 aromatic carbocycles. The first-order valence-electron chi connectivity index (χ1n) is 4.52. The van der Waals surface area contributed by atoms with E-state index in [1.54, 1.807) is 6.92 Å². The molecule has 3 nitrogen and oxygen atoms in total. The highest BCUT2D eigenvalue weighted by Crippen LogP contribution is 2.30. The zero-order valence-corrected chi connectivity index (χ0v) is 7.36. The number of hydrogen-bond acceptors (Lipinski definition) is 2. The Bertz CT molecular complexity index is 167. The van der Waals surface area contributed by atoms with E-state index in [4.69, 9.17) is 5.11 Å². The van der Waals surface area contributed by atoms with E-state index < -0.39 is 5.97 Å². The maximum atomic E-state index is 10.6. The molecule has 0 radical (unpaired) electrons. The second-order valence-electron chi connectivity index (χ2n) is 3.71. The predicted molar refractivity (Wildman–Crippen MR) is 44.8 cm³/mol. The zero-order valence-electron chi connectivity index (χ0n) is 7.36. The molecule has 0 bridgehead atoms. The molecule has 3 heteroatoms. The van der Waals surface area contributed by atoms with Crippen LogP contribution >= 0.6 is 0 Å². The van der Waals surface area contributed by atoms with Crippen LogP contribution in [-0.2, 0) is 4.79 Å². The summed E-state index contributed by atoms with van der Waals surface area (Å²) < 4.78 is 0. The van der Waals surface area contributed by atoms with E-state index in [9.17, 15) is 9.90 Å². The highest BCUT2D eigenvalue weighted by atomic mass is 16.4. The van der Waals surface area contributed by atoms with Crippen molar-refractivity contribution in [3.63, 3.8) is 0 Å². The summed E-state index contributed by atoms with van der Waals surface area (Å²) in [5.74, 6) is -0.875. The largest absolute Gasteiger partial charge is 0.481 e. The van der Waals surface area contributed by atoms with Crippen molar-refractivity contribution in [1.82, 2.24) is 0 Å². The highest BCUT2D eigenvalue weighted by molar-refractivity contribution is 5.69. The minimum atomic E-state index is -0.742. The summed E-state index contributed by atoms with van der Waals surface area (Å²) in [4.78, 5) is 10.6. The minimum Gasteiger partial charge on any atom is -0.481 e. The molecule has 0 amide bonds. The molecule has 1 rings (SSSR count). The fourth-order valence-electron chi connectivity index (χ4n) is 1.86. The molecular formula is C9H16O3. The summed E-state index contributed by atoms with van der Waals surface area (Å²) in [7, 11) is 0. The van der Waals surface area contributed by atoms with Crippen molar-refractivity contribution < 1.29 is 15.0 Å². The third kappa shape index (κ3) is 2.21. The second-order valence-corrected chi connectivity index (χ2v) is 3.71. The number of hydrogen-bond donors (Lipinski definition) is 2. The zero-order chi connectivity index (χ0) is 9.14. The number of aliphatic hydroxyl groups is 1. The van der Waals surface area contributed by atoms with Crippen LogP contribution in [0.5, 0.6) is 0 Å². The van der Waals surface area contributed by atoms with E-state index in [0.717, 1.165) is 19.3 Å². The van der Waals surface area contributed by atoms with Crippen LogP contribution in [0.2, 0.25) is 0 Å². The molecule has 2 N–H and O–H groups in total. The van der Waals surface area contributed by atoms with E-state index in [1.165, 1.54) is 0 Å². The molecule has 0 aliphatic heterocycles. The maximum absolute atomic E-state index is 10.6. The average Bonchev–Trinajstić information content (AvgIpc) is 2.03. The number of carboxylic acids is 1. The van der Waals surface area contributed by atoms with Gasteiger partial charge in [-0.05, 0) is 25.2 Å². The monoisotopic (exact) mass is 172 g/mol. The van der Waals surface area contributed by atoms with Crippen molar-refractivity contribution in [1.29, 1.82) is 0 Å². The standard InChI is InChI=1S/C9H16O3/c1-6(9(11)12)7-3-2-4-8(10)5-7/h6-8,10H,2-5H2,1H3,(H,11,12). The van der Waals surface area contributed by atoms with Gasteiger partial charge in [-0.1, -0.05) is 13.3 Å². The van der Waals surface area contributed by atoms with Gasteiger partial charge in [0.25, 0.3) is 0 Å². The van der Waals surface area contributed by atoms with E-state index in [-0.39, 0.29) is 17.9 Å². The number of carboxylic acid groups (broad SMARTS) is 1. The number of carbonyl (C=O) groups is 1. The predicted octanol–water partition coefficient (Wildman–Crippen LogP) is 1.26. The van der Waals surface area contributed by atoms with Crippen LogP contribution in [0.15, 0.2) is 0 Å². The van der Waals surface area contributed by atoms with Gasteiger partial charge in [-0.2, -0.15) is 0 Å². The van der Waals surface area contributed by atoms with Gasteiger partial charge in [-0.25, -0.2) is 0 Å². The molecule has 0 saturated heterocycles. The molecule has 12 heavy (non-hydrogen) atoms. The molecule has 3 atom stereocenters. The first-order valence-corrected chi connectivity index (χ1v) is 4.52. The molecule has 0 spiro atoms. The van der Waals surface area contributed by atoms with Crippen LogP contribution in [0.1, 0.15) is 32.6 Å². The van der Waals surface area contributed by atoms with Crippen molar-refractivity contribution in [2.75, 3.05) is 0 Å². The highest BCUT2D eigenvalue weighted by Gasteiger charge is 2.28. The van der Waals surface area contributed by atoms with Gasteiger partial charge in [0.2, 0.25) is 0 Å². The van der Waals surface area contributed by atoms with Gasteiger partial charge in [0.05, 0.1) is 12.0 Å². The van der Waals surface area contributed by atoms with E-state index in [1.807, 2.05) is 0 Å². The van der Waals surface area contributed by atoms with Crippen LogP contribution in [-0.4, -0.2) is 22.3 Å². The normalized spacial score (nSPS) is 32.8. The summed E-state index contributed by atoms with van der Waals surface area (Å²) in [6, 6.07) is 0. The first kappa shape index (κ1) is 9.52. The van der Waals surface area contributed by atoms with Crippen molar-refractivity contribution in [3.8, 4) is 0 Å². The van der Waals surface area contributed by atoms with Crippen LogP contribution in [0.4, 0.5) is 0 Å². The summed E-state index contributed by atoms with van der Waals surface area (Å²) in [5, 5.41) is 18.1. The number of aliphatic carboxylic acids is 1. The Morgan fingerprint density at radius 2 is 2.17 bits per heavy atom. The fraction of sp³-hybridized carbons (Fsp3) is 0.889. The Kier molecular flexibility index (Phi) is 3.09. The third-order valence-corrected chi connectivity index (χ3v) is 2.78. The van der Waals surface area contributed by atoms with Gasteiger partial charge in [0.15, 0.2) is 0 Å². The molecule has 0 aromatic rings. The van der Waals surface area contributed by atoms with Gasteiger partial charge < -0.3 is 10.2 Å². The SMILES string of the molecule is CC(C(=O)O)C1CCCC(O)C1. The summed E-state index contributed by atoms with van der Waals surface area (Å²) in [6.07, 6.45) is 3.13. The molecule has 1 aliphatic rings. The summed E-state index contributed by atoms with van der Waals surface area (Å²) in [6.45, 7) is 1.73. The Morgan fingerprint density at radius 1 is 1.50 bits per heavy atom. The quantitative estimate of drug-likeness (QED) is 0.659. The Balaban J connectivity index is 2.45. The van der Waals surface area contributed by atoms with Crippen molar-refractivity contribution in [3.05, 3.63) is 0 Å². The third-order valence-electron chi connectivity index (χ3n) is 2.78. The molecule has 3 unspecified atom stereocenters. The lowest BCUT2D eigenvalue weighted by Gasteiger charge is -2.28.